The van der Waals surface area contributed by atoms with Gasteiger partial charge in [-0.05, 0) is 107 Å². The van der Waals surface area contributed by atoms with E-state index in [1.807, 2.05) is 23.1 Å². The number of fused-ring (bicyclic) bond motifs is 9. The first kappa shape index (κ1) is 34.7. The highest BCUT2D eigenvalue weighted by Crippen LogP contribution is 2.51. The highest BCUT2D eigenvalue weighted by Gasteiger charge is 2.42. The Bertz CT molecular complexity index is 2800. The molecule has 5 atom stereocenters. The first-order valence-corrected chi connectivity index (χ1v) is 23.0. The van der Waals surface area contributed by atoms with E-state index in [1.54, 1.807) is 5.56 Å². The molecule has 0 bridgehead atoms. The maximum Gasteiger partial charge on any atom is 0.149 e. The Morgan fingerprint density at radius 3 is 2.57 bits per heavy atom. The molecule has 5 unspecified atom stereocenters. The van der Waals surface area contributed by atoms with Gasteiger partial charge >= 0.3 is 0 Å². The Morgan fingerprint density at radius 2 is 1.67 bits per heavy atom. The lowest BCUT2D eigenvalue weighted by molar-refractivity contribution is 0.197. The van der Waals surface area contributed by atoms with Gasteiger partial charge in [-0.2, -0.15) is 0 Å². The molecule has 0 saturated heterocycles. The van der Waals surface area contributed by atoms with Gasteiger partial charge in [0, 0.05) is 49.4 Å². The lowest BCUT2D eigenvalue weighted by Gasteiger charge is -2.40. The van der Waals surface area contributed by atoms with Crippen LogP contribution in [0, 0.1) is 5.92 Å². The highest BCUT2D eigenvalue weighted by atomic mass is 32.2. The number of thioether (sulfide) groups is 1. The van der Waals surface area contributed by atoms with Gasteiger partial charge in [0.15, 0.2) is 0 Å². The van der Waals surface area contributed by atoms with Crippen LogP contribution in [0.2, 0.25) is 0 Å². The highest BCUT2D eigenvalue weighted by molar-refractivity contribution is 8.00. The second-order valence-electron chi connectivity index (χ2n) is 16.6. The van der Waals surface area contributed by atoms with Crippen molar-refractivity contribution in [3.63, 3.8) is 0 Å². The van der Waals surface area contributed by atoms with Gasteiger partial charge < -0.3 is 9.64 Å². The molecule has 0 amide bonds. The summed E-state index contributed by atoms with van der Waals surface area (Å²) in [5, 5.41) is 1.98. The third-order valence-corrected chi connectivity index (χ3v) is 16.0. The van der Waals surface area contributed by atoms with Crippen molar-refractivity contribution in [3.05, 3.63) is 200 Å². The Hall–Kier alpha value is -5.29. The lowest BCUT2D eigenvalue weighted by Crippen LogP contribution is -2.46. The predicted molar refractivity (Wildman–Crippen MR) is 244 cm³/mol. The third-order valence-electron chi connectivity index (χ3n) is 13.3. The molecule has 6 aliphatic carbocycles. The molecule has 12 rings (SSSR count). The van der Waals surface area contributed by atoms with E-state index < -0.39 is 0 Å². The molecular formula is C54H45NOS2. The van der Waals surface area contributed by atoms with Crippen molar-refractivity contribution in [2.24, 2.45) is 5.92 Å². The zero-order valence-corrected chi connectivity index (χ0v) is 34.2. The van der Waals surface area contributed by atoms with Crippen molar-refractivity contribution in [2.45, 2.75) is 73.2 Å². The smallest absolute Gasteiger partial charge is 0.149 e. The van der Waals surface area contributed by atoms with Gasteiger partial charge in [0.25, 0.3) is 0 Å². The van der Waals surface area contributed by atoms with E-state index in [9.17, 15) is 0 Å². The molecule has 4 aromatic rings. The number of thiophene rings is 1. The van der Waals surface area contributed by atoms with Crippen molar-refractivity contribution in [1.82, 2.24) is 4.90 Å². The molecule has 4 heteroatoms. The van der Waals surface area contributed by atoms with Crippen LogP contribution >= 0.6 is 23.1 Å². The Morgan fingerprint density at radius 1 is 0.759 bits per heavy atom. The van der Waals surface area contributed by atoms with Gasteiger partial charge in [-0.1, -0.05) is 140 Å². The van der Waals surface area contributed by atoms with Crippen LogP contribution in [0.25, 0.3) is 34.0 Å². The standard InChI is InChI=1S/C54H45NOS2/c1-3-13-35(14-4-1)39-18-12-25-48-51(39)44-22-11-23-46(52(44)56-48)55(38-30-27-34(28-31-38)37-29-32-50-45(33-37)41-17-7-8-26-49(41)57-50)47-24-10-21-43-42-20-9-19-40(53(42)58-54(43)47)36-15-5-2-6-16-36/h1,3-5,7-8,11-19,21-23,25-27,29-34,45-46,50,52H,2,6,9-10,20,24,28H2. The van der Waals surface area contributed by atoms with Gasteiger partial charge in [0.05, 0.1) is 10.6 Å². The summed E-state index contributed by atoms with van der Waals surface area (Å²) in [6, 6.07) is 26.4. The molecule has 0 radical (unpaired) electrons. The van der Waals surface area contributed by atoms with Crippen molar-refractivity contribution >= 4 is 46.0 Å². The molecule has 2 nitrogen and oxygen atoms in total. The van der Waals surface area contributed by atoms with Crippen LogP contribution in [-0.2, 0) is 6.42 Å². The van der Waals surface area contributed by atoms with Gasteiger partial charge in [-0.25, -0.2) is 0 Å². The number of hydrogen-bond acceptors (Lipinski definition) is 4. The van der Waals surface area contributed by atoms with Crippen LogP contribution in [-0.4, -0.2) is 22.3 Å². The SMILES string of the molecule is C1=CC(N(C2=CCC(C3=CC4c5ccccc5SC4C=C3)C=C2)C2=c3sc4c(c3=CCC2)CCC=C4C2=CCCC=C2)C2Oc3cccc(-c4ccccc4)c3C2=C1. The summed E-state index contributed by atoms with van der Waals surface area (Å²) in [7, 11) is 0. The molecule has 1 aromatic heterocycles. The van der Waals surface area contributed by atoms with E-state index in [2.05, 4.69) is 163 Å². The summed E-state index contributed by atoms with van der Waals surface area (Å²) < 4.78 is 8.58. The van der Waals surface area contributed by atoms with Gasteiger partial charge in [0.1, 0.15) is 11.9 Å². The molecule has 58 heavy (non-hydrogen) atoms. The predicted octanol–water partition coefficient (Wildman–Crippen LogP) is 12.0. The fourth-order valence-corrected chi connectivity index (χ4v) is 13.4. The summed E-state index contributed by atoms with van der Waals surface area (Å²) in [6.07, 6.45) is 41.5. The molecule has 0 spiro atoms. The molecule has 3 heterocycles. The maximum atomic E-state index is 7.12. The number of hydrogen-bond donors (Lipinski definition) is 0. The average Bonchev–Trinajstić information content (AvgIpc) is 3.99. The van der Waals surface area contributed by atoms with Gasteiger partial charge in [-0.3, -0.25) is 0 Å². The maximum absolute atomic E-state index is 7.12. The topological polar surface area (TPSA) is 12.5 Å². The van der Waals surface area contributed by atoms with Crippen LogP contribution < -0.4 is 14.5 Å². The number of allylic oxidation sites excluding steroid dienone is 14. The number of nitrogens with zero attached hydrogens (tertiary/aromatic N) is 1. The monoisotopic (exact) mass is 787 g/mol. The molecule has 0 N–H and O–H groups in total. The fourth-order valence-electron chi connectivity index (χ4n) is 10.6. The number of benzene rings is 3. The van der Waals surface area contributed by atoms with Crippen LogP contribution in [0.1, 0.15) is 66.0 Å². The molecular weight excluding hydrogens is 743 g/mol. The molecule has 8 aliphatic rings. The number of rotatable bonds is 6. The minimum absolute atomic E-state index is 0.00381. The Balaban J connectivity index is 0.957. The summed E-state index contributed by atoms with van der Waals surface area (Å²) in [5.41, 5.74) is 15.0. The molecule has 3 aromatic carbocycles. The lowest BCUT2D eigenvalue weighted by atomic mass is 9.82. The summed E-state index contributed by atoms with van der Waals surface area (Å²) in [4.78, 5) is 5.62. The summed E-state index contributed by atoms with van der Waals surface area (Å²) >= 11 is 4.05. The third kappa shape index (κ3) is 5.67. The van der Waals surface area contributed by atoms with Crippen molar-refractivity contribution in [1.29, 1.82) is 0 Å². The Kier molecular flexibility index (Phi) is 8.51. The first-order valence-electron chi connectivity index (χ1n) is 21.3. The minimum Gasteiger partial charge on any atom is -0.483 e. The van der Waals surface area contributed by atoms with Crippen LogP contribution in [0.3, 0.4) is 0 Å². The normalized spacial score (nSPS) is 25.7. The van der Waals surface area contributed by atoms with E-state index >= 15 is 0 Å². The second-order valence-corrected chi connectivity index (χ2v) is 18.8. The first-order chi connectivity index (χ1) is 28.8. The zero-order valence-electron chi connectivity index (χ0n) is 32.5. The molecule has 0 fully saturated rings. The van der Waals surface area contributed by atoms with Crippen molar-refractivity contribution in [2.75, 3.05) is 0 Å². The largest absolute Gasteiger partial charge is 0.483 e. The van der Waals surface area contributed by atoms with E-state index in [0.29, 0.717) is 17.1 Å². The average molecular weight is 788 g/mol. The van der Waals surface area contributed by atoms with Crippen LogP contribution in [0.4, 0.5) is 0 Å². The van der Waals surface area contributed by atoms with E-state index in [1.165, 1.54) is 75.5 Å². The van der Waals surface area contributed by atoms with Crippen LogP contribution in [0.15, 0.2) is 174 Å². The van der Waals surface area contributed by atoms with Gasteiger partial charge in [-0.15, -0.1) is 23.1 Å². The van der Waals surface area contributed by atoms with E-state index in [4.69, 9.17) is 4.74 Å². The molecule has 0 saturated carbocycles. The Labute approximate surface area is 349 Å². The minimum atomic E-state index is -0.123. The van der Waals surface area contributed by atoms with Crippen LogP contribution in [0.5, 0.6) is 5.75 Å². The van der Waals surface area contributed by atoms with E-state index in [0.717, 1.165) is 50.7 Å². The zero-order chi connectivity index (χ0) is 38.2. The number of ether oxygens (including phenoxy) is 1. The van der Waals surface area contributed by atoms with Crippen molar-refractivity contribution < 1.29 is 4.74 Å². The fraction of sp³-hybridized carbons (Fsp3) is 0.222. The van der Waals surface area contributed by atoms with Gasteiger partial charge in [0.2, 0.25) is 0 Å². The summed E-state index contributed by atoms with van der Waals surface area (Å²) in [6.45, 7) is 0. The summed E-state index contributed by atoms with van der Waals surface area (Å²) in [5.74, 6) is 1.79. The molecule has 2 aliphatic heterocycles. The van der Waals surface area contributed by atoms with E-state index in [-0.39, 0.29) is 12.1 Å². The second kappa shape index (κ2) is 14.2. The van der Waals surface area contributed by atoms with Crippen molar-refractivity contribution in [3.8, 4) is 16.9 Å². The molecule has 284 valence electrons. The quantitative estimate of drug-likeness (QED) is 0.193.